The van der Waals surface area contributed by atoms with Gasteiger partial charge in [-0.15, -0.1) is 0 Å². The van der Waals surface area contributed by atoms with E-state index in [0.717, 1.165) is 32.1 Å². The highest BCUT2D eigenvalue weighted by atomic mass is 19.4. The maximum Gasteiger partial charge on any atom is 0.471 e. The van der Waals surface area contributed by atoms with Gasteiger partial charge in [0, 0.05) is 12.5 Å². The van der Waals surface area contributed by atoms with Gasteiger partial charge in [0.25, 0.3) is 5.91 Å². The number of amides is 4. The first-order valence-corrected chi connectivity index (χ1v) is 15.6. The quantitative estimate of drug-likeness (QED) is 0.254. The van der Waals surface area contributed by atoms with Crippen molar-refractivity contribution in [3.63, 3.8) is 0 Å². The zero-order chi connectivity index (χ0) is 33.1. The first kappa shape index (κ1) is 33.1. The third kappa shape index (κ3) is 6.64. The van der Waals surface area contributed by atoms with E-state index in [2.05, 4.69) is 16.0 Å². The van der Waals surface area contributed by atoms with Crippen molar-refractivity contribution in [2.24, 2.45) is 11.8 Å². The fraction of sp³-hybridized carbons (Fsp3) is 0.485. The van der Waals surface area contributed by atoms with E-state index in [9.17, 15) is 42.3 Å². The second-order valence-corrected chi connectivity index (χ2v) is 12.3. The Kier molecular flexibility index (Phi) is 9.80. The number of aliphatic hydroxyl groups excluding tert-OH is 1. The predicted molar refractivity (Wildman–Crippen MR) is 160 cm³/mol. The molecule has 1 saturated heterocycles. The van der Waals surface area contributed by atoms with Gasteiger partial charge in [0.2, 0.25) is 11.8 Å². The van der Waals surface area contributed by atoms with Crippen LogP contribution in [0.1, 0.15) is 62.5 Å². The molecular formula is C33H37F3N4O6. The topological polar surface area (TPSA) is 154 Å². The number of nitrogens with one attached hydrogen (secondary N) is 4. The van der Waals surface area contributed by atoms with Gasteiger partial charge in [0.05, 0.1) is 6.04 Å². The summed E-state index contributed by atoms with van der Waals surface area (Å²) in [5.74, 6) is -5.72. The highest BCUT2D eigenvalue weighted by Crippen LogP contribution is 2.48. The van der Waals surface area contributed by atoms with E-state index in [1.165, 1.54) is 12.1 Å². The van der Waals surface area contributed by atoms with Gasteiger partial charge in [-0.25, -0.2) is 0 Å². The summed E-state index contributed by atoms with van der Waals surface area (Å²) in [6.45, 7) is -0.481. The number of halogens is 3. The lowest BCUT2D eigenvalue weighted by Gasteiger charge is -2.35. The third-order valence-corrected chi connectivity index (χ3v) is 9.31. The molecule has 10 nitrogen and oxygen atoms in total. The summed E-state index contributed by atoms with van der Waals surface area (Å²) in [6, 6.07) is 10.1. The first-order valence-electron chi connectivity index (χ1n) is 15.6. The zero-order valence-corrected chi connectivity index (χ0v) is 25.1. The van der Waals surface area contributed by atoms with E-state index >= 15 is 0 Å². The van der Waals surface area contributed by atoms with Crippen molar-refractivity contribution in [3.05, 3.63) is 59.7 Å². The van der Waals surface area contributed by atoms with E-state index in [-0.39, 0.29) is 35.8 Å². The third-order valence-electron chi connectivity index (χ3n) is 9.31. The minimum Gasteiger partial charge on any atom is -0.389 e. The number of aliphatic hydroxyl groups is 1. The van der Waals surface area contributed by atoms with Crippen molar-refractivity contribution in [2.75, 3.05) is 13.2 Å². The minimum atomic E-state index is -5.32. The molecule has 0 unspecified atom stereocenters. The van der Waals surface area contributed by atoms with Gasteiger partial charge in [-0.3, -0.25) is 24.0 Å². The number of rotatable bonds is 11. The number of carbonyl (C=O) groups is 5. The molecule has 3 atom stereocenters. The number of fused-ring (bicyclic) bond motifs is 3. The number of carbonyl (C=O) groups excluding carboxylic acids is 5. The monoisotopic (exact) mass is 642 g/mol. The Bertz CT molecular complexity index is 1460. The molecular weight excluding hydrogens is 605 g/mol. The molecule has 0 radical (unpaired) electrons. The summed E-state index contributed by atoms with van der Waals surface area (Å²) < 4.78 is 41.2. The van der Waals surface area contributed by atoms with Crippen molar-refractivity contribution >= 4 is 29.4 Å². The molecule has 3 aliphatic rings. The minimum absolute atomic E-state index is 0.00118. The maximum absolute atomic E-state index is 14.5. The van der Waals surface area contributed by atoms with Crippen molar-refractivity contribution in [1.29, 1.82) is 0 Å². The van der Waals surface area contributed by atoms with Crippen molar-refractivity contribution in [3.8, 4) is 11.1 Å². The van der Waals surface area contributed by atoms with E-state index in [1.807, 2.05) is 5.32 Å². The zero-order valence-electron chi connectivity index (χ0n) is 25.1. The molecule has 5 rings (SSSR count). The molecule has 0 aromatic heterocycles. The van der Waals surface area contributed by atoms with Crippen LogP contribution >= 0.6 is 0 Å². The normalized spacial score (nSPS) is 20.1. The van der Waals surface area contributed by atoms with Gasteiger partial charge in [0.1, 0.15) is 12.6 Å². The Morgan fingerprint density at radius 1 is 0.870 bits per heavy atom. The van der Waals surface area contributed by atoms with Crippen molar-refractivity contribution < 1.29 is 42.3 Å². The van der Waals surface area contributed by atoms with Gasteiger partial charge in [-0.1, -0.05) is 80.6 Å². The van der Waals surface area contributed by atoms with Crippen LogP contribution in [0.5, 0.6) is 0 Å². The standard InChI is InChI=1S/C33H37F3N4O6/c34-33(35,36)31(46)40-32(23-12-6-4-10-21(23)22-11-5-7-13-24(22)32)30(45)39-26(16-19-8-2-1-3-9-19)29(44)38-25(27(42)18-41)17-20-14-15-37-28(20)43/h4-7,10-13,19-20,25-26,41H,1-3,8-9,14-18H2,(H,37,43)(H,38,44)(H,39,45)(H,40,46)/t20-,25-,26-/m1/s1. The van der Waals surface area contributed by atoms with Crippen LogP contribution < -0.4 is 21.3 Å². The Morgan fingerprint density at radius 2 is 1.48 bits per heavy atom. The smallest absolute Gasteiger partial charge is 0.389 e. The molecule has 0 spiro atoms. The predicted octanol–water partition coefficient (Wildman–Crippen LogP) is 2.62. The molecule has 2 aromatic carbocycles. The van der Waals surface area contributed by atoms with Gasteiger partial charge >= 0.3 is 12.1 Å². The van der Waals surface area contributed by atoms with Gasteiger partial charge < -0.3 is 26.4 Å². The average Bonchev–Trinajstić information content (AvgIpc) is 3.58. The number of alkyl halides is 3. The molecule has 4 amide bonds. The molecule has 46 heavy (non-hydrogen) atoms. The Labute approximate surface area is 263 Å². The highest BCUT2D eigenvalue weighted by Gasteiger charge is 2.54. The van der Waals surface area contributed by atoms with Crippen LogP contribution in [-0.4, -0.2) is 65.9 Å². The van der Waals surface area contributed by atoms with Crippen LogP contribution in [0.3, 0.4) is 0 Å². The molecule has 13 heteroatoms. The largest absolute Gasteiger partial charge is 0.471 e. The Morgan fingerprint density at radius 3 is 2.02 bits per heavy atom. The molecule has 0 bridgehead atoms. The fourth-order valence-electron chi connectivity index (χ4n) is 6.97. The molecule has 246 valence electrons. The molecule has 2 aromatic rings. The summed E-state index contributed by atoms with van der Waals surface area (Å²) >= 11 is 0. The maximum atomic E-state index is 14.5. The second kappa shape index (κ2) is 13.6. The molecule has 1 heterocycles. The molecule has 1 saturated carbocycles. The van der Waals surface area contributed by atoms with Crippen molar-refractivity contribution in [1.82, 2.24) is 21.3 Å². The van der Waals surface area contributed by atoms with Crippen LogP contribution in [0.25, 0.3) is 11.1 Å². The first-order chi connectivity index (χ1) is 22.0. The summed E-state index contributed by atoms with van der Waals surface area (Å²) in [7, 11) is 0. The fourth-order valence-corrected chi connectivity index (χ4v) is 6.97. The molecule has 2 aliphatic carbocycles. The van der Waals surface area contributed by atoms with Gasteiger partial charge in [-0.2, -0.15) is 13.2 Å². The number of hydrogen-bond acceptors (Lipinski definition) is 6. The lowest BCUT2D eigenvalue weighted by Crippen LogP contribution is -2.62. The summed E-state index contributed by atoms with van der Waals surface area (Å²) in [4.78, 5) is 65.8. The highest BCUT2D eigenvalue weighted by molar-refractivity contribution is 6.05. The summed E-state index contributed by atoms with van der Waals surface area (Å²) in [5.41, 5.74) is -1.19. The lowest BCUT2D eigenvalue weighted by atomic mass is 9.83. The van der Waals surface area contributed by atoms with Crippen molar-refractivity contribution in [2.45, 2.75) is 75.2 Å². The number of benzene rings is 2. The van der Waals surface area contributed by atoms with Gasteiger partial charge in [-0.05, 0) is 47.4 Å². The van der Waals surface area contributed by atoms with E-state index in [4.69, 9.17) is 0 Å². The van der Waals surface area contributed by atoms with E-state index in [1.54, 1.807) is 36.4 Å². The summed E-state index contributed by atoms with van der Waals surface area (Å²) in [6.07, 6.45) is -0.457. The van der Waals surface area contributed by atoms with E-state index < -0.39 is 59.8 Å². The van der Waals surface area contributed by atoms with Crippen LogP contribution in [0.4, 0.5) is 13.2 Å². The van der Waals surface area contributed by atoms with Crippen LogP contribution in [0, 0.1) is 11.8 Å². The number of ketones is 1. The Hall–Kier alpha value is -4.26. The number of hydrogen-bond donors (Lipinski definition) is 5. The molecule has 1 aliphatic heterocycles. The van der Waals surface area contributed by atoms with Crippen LogP contribution in [-0.2, 0) is 29.5 Å². The summed E-state index contributed by atoms with van der Waals surface area (Å²) in [5, 5.41) is 19.5. The molecule has 2 fully saturated rings. The van der Waals surface area contributed by atoms with Crippen LogP contribution in [0.2, 0.25) is 0 Å². The SMILES string of the molecule is O=C1NCC[C@@H]1C[C@@H](NC(=O)[C@@H](CC1CCCCC1)NC(=O)C1(NC(=O)C(F)(F)F)c2ccccc2-c2ccccc21)C(=O)CO. The van der Waals surface area contributed by atoms with E-state index in [0.29, 0.717) is 24.1 Å². The average molecular weight is 643 g/mol. The van der Waals surface area contributed by atoms with Gasteiger partial charge in [0.15, 0.2) is 11.3 Å². The Balaban J connectivity index is 1.51. The second-order valence-electron chi connectivity index (χ2n) is 12.3. The van der Waals surface area contributed by atoms with Crippen LogP contribution in [0.15, 0.2) is 48.5 Å². The molecule has 5 N–H and O–H groups in total. The lowest BCUT2D eigenvalue weighted by molar-refractivity contribution is -0.176. The number of Topliss-reactive ketones (excluding diaryl/α,β-unsaturated/α-hetero) is 1.